The molecule has 1 aliphatic heterocycles. The van der Waals surface area contributed by atoms with Gasteiger partial charge in [0, 0.05) is 16.5 Å². The summed E-state index contributed by atoms with van der Waals surface area (Å²) in [6.45, 7) is 6.05. The number of halogens is 1. The molecule has 0 saturated carbocycles. The van der Waals surface area contributed by atoms with E-state index in [4.69, 9.17) is 4.74 Å². The van der Waals surface area contributed by atoms with Crippen LogP contribution >= 0.6 is 27.3 Å². The lowest BCUT2D eigenvalue weighted by Gasteiger charge is -2.21. The van der Waals surface area contributed by atoms with E-state index >= 15 is 0 Å². The lowest BCUT2D eigenvalue weighted by atomic mass is 9.95. The highest BCUT2D eigenvalue weighted by Gasteiger charge is 2.25. The summed E-state index contributed by atoms with van der Waals surface area (Å²) in [4.78, 5) is 0. The minimum Gasteiger partial charge on any atom is -0.493 e. The van der Waals surface area contributed by atoms with E-state index in [-0.39, 0.29) is 6.04 Å². The summed E-state index contributed by atoms with van der Waals surface area (Å²) in [5, 5.41) is 8.05. The molecule has 1 aliphatic rings. The van der Waals surface area contributed by atoms with Crippen molar-refractivity contribution in [3.05, 3.63) is 49.6 Å². The molecule has 0 bridgehead atoms. The Morgan fingerprint density at radius 2 is 2.20 bits per heavy atom. The van der Waals surface area contributed by atoms with Gasteiger partial charge in [-0.1, -0.05) is 22.9 Å². The summed E-state index contributed by atoms with van der Waals surface area (Å²) in [6, 6.07) is 4.57. The minimum absolute atomic E-state index is 0.204. The van der Waals surface area contributed by atoms with Crippen LogP contribution in [0.3, 0.4) is 0 Å². The number of hydrogen-bond donors (Lipinski definition) is 1. The molecule has 1 aromatic carbocycles. The Kier molecular flexibility index (Phi) is 4.15. The first kappa shape index (κ1) is 14.1. The number of rotatable bonds is 4. The molecule has 0 aliphatic carbocycles. The predicted octanol–water partition coefficient (Wildman–Crippen LogP) is 4.45. The van der Waals surface area contributed by atoms with Gasteiger partial charge < -0.3 is 10.1 Å². The van der Waals surface area contributed by atoms with Gasteiger partial charge in [-0.05, 0) is 53.1 Å². The van der Waals surface area contributed by atoms with Crippen molar-refractivity contribution >= 4 is 27.3 Å². The lowest BCUT2D eigenvalue weighted by molar-refractivity contribution is 0.350. The molecule has 2 aromatic rings. The molecular weight excluding hydrogens is 334 g/mol. The van der Waals surface area contributed by atoms with Crippen molar-refractivity contribution in [3.63, 3.8) is 0 Å². The van der Waals surface area contributed by atoms with Crippen molar-refractivity contribution in [3.8, 4) is 5.75 Å². The molecule has 20 heavy (non-hydrogen) atoms. The van der Waals surface area contributed by atoms with E-state index in [1.807, 2.05) is 0 Å². The van der Waals surface area contributed by atoms with Gasteiger partial charge in [0.2, 0.25) is 0 Å². The number of nitrogens with one attached hydrogen (secondary N) is 1. The Hall–Kier alpha value is -0.840. The van der Waals surface area contributed by atoms with Crippen LogP contribution < -0.4 is 10.1 Å². The van der Waals surface area contributed by atoms with Gasteiger partial charge in [-0.2, -0.15) is 11.3 Å². The van der Waals surface area contributed by atoms with E-state index in [0.717, 1.165) is 29.8 Å². The zero-order valence-corrected chi connectivity index (χ0v) is 14.1. The fraction of sp³-hybridized carbons (Fsp3) is 0.375. The van der Waals surface area contributed by atoms with Crippen molar-refractivity contribution in [2.45, 2.75) is 26.3 Å². The third-order valence-electron chi connectivity index (χ3n) is 3.70. The third-order valence-corrected chi connectivity index (χ3v) is 5.04. The summed E-state index contributed by atoms with van der Waals surface area (Å²) >= 11 is 5.40. The second-order valence-electron chi connectivity index (χ2n) is 5.08. The van der Waals surface area contributed by atoms with Gasteiger partial charge >= 0.3 is 0 Å². The van der Waals surface area contributed by atoms with Crippen LogP contribution in [-0.2, 0) is 6.42 Å². The molecule has 1 atom stereocenters. The van der Waals surface area contributed by atoms with E-state index in [1.165, 1.54) is 22.3 Å². The fourth-order valence-electron chi connectivity index (χ4n) is 2.77. The van der Waals surface area contributed by atoms with Crippen molar-refractivity contribution in [2.75, 3.05) is 13.2 Å². The minimum atomic E-state index is 0.204. The number of aryl methyl sites for hydroxylation is 1. The summed E-state index contributed by atoms with van der Waals surface area (Å²) in [5.41, 5.74) is 5.25. The van der Waals surface area contributed by atoms with Crippen LogP contribution in [0.25, 0.3) is 0 Å². The molecule has 0 saturated heterocycles. The Balaban J connectivity index is 2.11. The lowest BCUT2D eigenvalue weighted by Crippen LogP contribution is -2.22. The van der Waals surface area contributed by atoms with E-state index in [2.05, 4.69) is 58.0 Å². The van der Waals surface area contributed by atoms with Gasteiger partial charge in [0.25, 0.3) is 0 Å². The molecule has 106 valence electrons. The first-order valence-electron chi connectivity index (χ1n) is 6.92. The van der Waals surface area contributed by atoms with Crippen LogP contribution in [-0.4, -0.2) is 13.2 Å². The Morgan fingerprint density at radius 1 is 1.35 bits per heavy atom. The first-order valence-corrected chi connectivity index (χ1v) is 8.65. The molecular formula is C16H18BrNOS. The summed E-state index contributed by atoms with van der Waals surface area (Å²) in [6.07, 6.45) is 1.00. The highest BCUT2D eigenvalue weighted by Crippen LogP contribution is 2.39. The molecule has 2 nitrogen and oxygen atoms in total. The Labute approximate surface area is 132 Å². The molecule has 0 spiro atoms. The molecule has 1 unspecified atom stereocenters. The second-order valence-corrected chi connectivity index (χ2v) is 6.74. The molecule has 4 heteroatoms. The smallest absolute Gasteiger partial charge is 0.127 e. The fourth-order valence-corrected chi connectivity index (χ4v) is 4.17. The van der Waals surface area contributed by atoms with Crippen LogP contribution in [0.15, 0.2) is 27.4 Å². The maximum atomic E-state index is 5.89. The topological polar surface area (TPSA) is 21.3 Å². The first-order chi connectivity index (χ1) is 9.70. The van der Waals surface area contributed by atoms with Crippen LogP contribution in [0.5, 0.6) is 5.75 Å². The zero-order chi connectivity index (χ0) is 14.1. The maximum absolute atomic E-state index is 5.89. The van der Waals surface area contributed by atoms with Crippen molar-refractivity contribution in [1.82, 2.24) is 5.32 Å². The van der Waals surface area contributed by atoms with Crippen molar-refractivity contribution < 1.29 is 4.74 Å². The van der Waals surface area contributed by atoms with Crippen molar-refractivity contribution in [2.24, 2.45) is 0 Å². The molecule has 2 heterocycles. The van der Waals surface area contributed by atoms with E-state index < -0.39 is 0 Å². The normalized spacial score (nSPS) is 14.9. The predicted molar refractivity (Wildman–Crippen MR) is 87.9 cm³/mol. The highest BCUT2D eigenvalue weighted by molar-refractivity contribution is 9.10. The van der Waals surface area contributed by atoms with Crippen LogP contribution in [0.1, 0.15) is 35.2 Å². The van der Waals surface area contributed by atoms with Gasteiger partial charge in [-0.3, -0.25) is 0 Å². The maximum Gasteiger partial charge on any atom is 0.127 e. The highest BCUT2D eigenvalue weighted by atomic mass is 79.9. The average molecular weight is 352 g/mol. The van der Waals surface area contributed by atoms with E-state index in [0.29, 0.717) is 0 Å². The monoisotopic (exact) mass is 351 g/mol. The summed E-state index contributed by atoms with van der Waals surface area (Å²) < 4.78 is 7.02. The van der Waals surface area contributed by atoms with Crippen molar-refractivity contribution in [1.29, 1.82) is 0 Å². The van der Waals surface area contributed by atoms with Gasteiger partial charge in [-0.25, -0.2) is 0 Å². The molecule has 3 rings (SSSR count). The summed E-state index contributed by atoms with van der Waals surface area (Å²) in [5.74, 6) is 1.07. The van der Waals surface area contributed by atoms with Gasteiger partial charge in [-0.15, -0.1) is 0 Å². The molecule has 1 N–H and O–H groups in total. The molecule has 0 radical (unpaired) electrons. The van der Waals surface area contributed by atoms with Crippen LogP contribution in [0.4, 0.5) is 0 Å². The number of benzene rings is 1. The summed E-state index contributed by atoms with van der Waals surface area (Å²) in [7, 11) is 0. The Morgan fingerprint density at radius 3 is 2.90 bits per heavy atom. The quantitative estimate of drug-likeness (QED) is 0.878. The second kappa shape index (κ2) is 5.88. The van der Waals surface area contributed by atoms with E-state index in [9.17, 15) is 0 Å². The van der Waals surface area contributed by atoms with Crippen LogP contribution in [0.2, 0.25) is 0 Å². The van der Waals surface area contributed by atoms with Gasteiger partial charge in [0.15, 0.2) is 0 Å². The molecule has 0 fully saturated rings. The molecule has 0 amide bonds. The number of fused-ring (bicyclic) bond motifs is 1. The Bertz CT molecular complexity index is 623. The largest absolute Gasteiger partial charge is 0.493 e. The number of thiophene rings is 1. The number of ether oxygens (including phenoxy) is 1. The average Bonchev–Trinajstić information content (AvgIpc) is 3.04. The standard InChI is InChI=1S/C16H18BrNOS/c1-3-18-15(14-9-20-8-10(14)2)13-7-12(17)6-11-4-5-19-16(11)13/h6-9,15,18H,3-5H2,1-2H3. The van der Waals surface area contributed by atoms with Crippen LogP contribution in [0, 0.1) is 6.92 Å². The van der Waals surface area contributed by atoms with Gasteiger partial charge in [0.05, 0.1) is 12.6 Å². The number of hydrogen-bond acceptors (Lipinski definition) is 3. The van der Waals surface area contributed by atoms with E-state index in [1.54, 1.807) is 11.3 Å². The molecule has 1 aromatic heterocycles. The zero-order valence-electron chi connectivity index (χ0n) is 11.7. The SMILES string of the molecule is CCNC(c1cscc1C)c1cc(Br)cc2c1OCC2. The van der Waals surface area contributed by atoms with Gasteiger partial charge in [0.1, 0.15) is 5.75 Å². The third kappa shape index (κ3) is 2.52.